The summed E-state index contributed by atoms with van der Waals surface area (Å²) in [5, 5.41) is 9.48. The molecule has 1 fully saturated rings. The average molecular weight is 257 g/mol. The molecule has 1 heterocycles. The van der Waals surface area contributed by atoms with Gasteiger partial charge in [0.1, 0.15) is 6.04 Å². The second-order valence-electron chi connectivity index (χ2n) is 5.10. The van der Waals surface area contributed by atoms with Crippen LogP contribution in [-0.2, 0) is 6.42 Å². The molecule has 0 saturated carbocycles. The summed E-state index contributed by atoms with van der Waals surface area (Å²) < 4.78 is 0. The Labute approximate surface area is 116 Å². The zero-order valence-corrected chi connectivity index (χ0v) is 12.0. The van der Waals surface area contributed by atoms with Crippen LogP contribution in [0.1, 0.15) is 31.0 Å². The zero-order valence-electron chi connectivity index (χ0n) is 12.0. The van der Waals surface area contributed by atoms with Crippen molar-refractivity contribution in [2.45, 2.75) is 26.3 Å². The Morgan fingerprint density at radius 3 is 2.21 bits per heavy atom. The number of benzene rings is 1. The fourth-order valence-corrected chi connectivity index (χ4v) is 2.64. The molecule has 0 aliphatic carbocycles. The third-order valence-corrected chi connectivity index (χ3v) is 4.05. The average Bonchev–Trinajstić information content (AvgIpc) is 2.49. The van der Waals surface area contributed by atoms with Crippen LogP contribution in [0.4, 0.5) is 0 Å². The first-order chi connectivity index (χ1) is 9.28. The molecule has 0 aromatic heterocycles. The van der Waals surface area contributed by atoms with Gasteiger partial charge in [0, 0.05) is 26.2 Å². The molecule has 0 amide bonds. The number of hydrogen-bond acceptors (Lipinski definition) is 3. The molecule has 1 aromatic carbocycles. The minimum Gasteiger partial charge on any atom is -0.301 e. The molecule has 0 N–H and O–H groups in total. The quantitative estimate of drug-likeness (QED) is 0.830. The number of likely N-dealkylation sites (N-methyl/N-ethyl adjacent to an activating group) is 1. The predicted molar refractivity (Wildman–Crippen MR) is 77.9 cm³/mol. The lowest BCUT2D eigenvalue weighted by molar-refractivity contribution is 0.118. The van der Waals surface area contributed by atoms with E-state index in [9.17, 15) is 5.26 Å². The molecule has 1 atom stereocenters. The molecule has 1 aliphatic rings. The van der Waals surface area contributed by atoms with E-state index in [2.05, 4.69) is 54.0 Å². The van der Waals surface area contributed by atoms with E-state index in [-0.39, 0.29) is 6.04 Å². The van der Waals surface area contributed by atoms with E-state index in [1.54, 1.807) is 0 Å². The summed E-state index contributed by atoms with van der Waals surface area (Å²) in [6, 6.07) is 10.9. The summed E-state index contributed by atoms with van der Waals surface area (Å²) in [4.78, 5) is 4.73. The standard InChI is InChI=1S/C16H23N3/c1-3-14-5-7-15(8-6-14)16(13-17)19-11-9-18(4-2)10-12-19/h5-8,16H,3-4,9-12H2,1-2H3. The van der Waals surface area contributed by atoms with Gasteiger partial charge in [0.05, 0.1) is 6.07 Å². The van der Waals surface area contributed by atoms with Crippen molar-refractivity contribution in [1.29, 1.82) is 5.26 Å². The van der Waals surface area contributed by atoms with E-state index in [1.165, 1.54) is 5.56 Å². The molecule has 1 aromatic rings. The Bertz CT molecular complexity index is 424. The summed E-state index contributed by atoms with van der Waals surface area (Å²) in [5.74, 6) is 0. The van der Waals surface area contributed by atoms with Crippen LogP contribution in [-0.4, -0.2) is 42.5 Å². The van der Waals surface area contributed by atoms with Gasteiger partial charge in [-0.15, -0.1) is 0 Å². The number of piperazine rings is 1. The van der Waals surface area contributed by atoms with E-state index in [4.69, 9.17) is 0 Å². The smallest absolute Gasteiger partial charge is 0.123 e. The minimum atomic E-state index is -0.0927. The van der Waals surface area contributed by atoms with E-state index in [0.717, 1.165) is 44.7 Å². The highest BCUT2D eigenvalue weighted by Gasteiger charge is 2.24. The fourth-order valence-electron chi connectivity index (χ4n) is 2.64. The molecule has 0 radical (unpaired) electrons. The van der Waals surface area contributed by atoms with Crippen molar-refractivity contribution in [3.63, 3.8) is 0 Å². The highest BCUT2D eigenvalue weighted by Crippen LogP contribution is 2.22. The number of aryl methyl sites for hydroxylation is 1. The third kappa shape index (κ3) is 3.34. The van der Waals surface area contributed by atoms with Gasteiger partial charge in [0.15, 0.2) is 0 Å². The van der Waals surface area contributed by atoms with Crippen LogP contribution in [0.3, 0.4) is 0 Å². The molecule has 1 aliphatic heterocycles. The normalized spacial score (nSPS) is 19.0. The Balaban J connectivity index is 2.05. The van der Waals surface area contributed by atoms with Gasteiger partial charge in [-0.2, -0.15) is 5.26 Å². The van der Waals surface area contributed by atoms with Crippen molar-refractivity contribution >= 4 is 0 Å². The van der Waals surface area contributed by atoms with Crippen molar-refractivity contribution in [2.24, 2.45) is 0 Å². The van der Waals surface area contributed by atoms with Gasteiger partial charge in [-0.05, 0) is 24.1 Å². The first-order valence-electron chi connectivity index (χ1n) is 7.23. The zero-order chi connectivity index (χ0) is 13.7. The van der Waals surface area contributed by atoms with E-state index >= 15 is 0 Å². The molecule has 1 saturated heterocycles. The van der Waals surface area contributed by atoms with Gasteiger partial charge in [0.2, 0.25) is 0 Å². The highest BCUT2D eigenvalue weighted by atomic mass is 15.3. The topological polar surface area (TPSA) is 30.3 Å². The van der Waals surface area contributed by atoms with Gasteiger partial charge in [-0.1, -0.05) is 38.1 Å². The van der Waals surface area contributed by atoms with Gasteiger partial charge in [-0.3, -0.25) is 4.90 Å². The summed E-state index contributed by atoms with van der Waals surface area (Å²) in [6.07, 6.45) is 1.05. The van der Waals surface area contributed by atoms with Crippen LogP contribution in [0.15, 0.2) is 24.3 Å². The van der Waals surface area contributed by atoms with Gasteiger partial charge >= 0.3 is 0 Å². The number of nitrogens with zero attached hydrogens (tertiary/aromatic N) is 3. The first kappa shape index (κ1) is 14.0. The van der Waals surface area contributed by atoms with Gasteiger partial charge in [0.25, 0.3) is 0 Å². The number of hydrogen-bond donors (Lipinski definition) is 0. The lowest BCUT2D eigenvalue weighted by Crippen LogP contribution is -2.47. The lowest BCUT2D eigenvalue weighted by Gasteiger charge is -2.36. The fraction of sp³-hybridized carbons (Fsp3) is 0.562. The molecule has 0 spiro atoms. The molecule has 0 bridgehead atoms. The van der Waals surface area contributed by atoms with Crippen LogP contribution >= 0.6 is 0 Å². The largest absolute Gasteiger partial charge is 0.301 e. The summed E-state index contributed by atoms with van der Waals surface area (Å²) >= 11 is 0. The van der Waals surface area contributed by atoms with E-state index < -0.39 is 0 Å². The molecule has 102 valence electrons. The Morgan fingerprint density at radius 2 is 1.74 bits per heavy atom. The predicted octanol–water partition coefficient (Wildman–Crippen LogP) is 2.45. The van der Waals surface area contributed by atoms with Crippen molar-refractivity contribution in [2.75, 3.05) is 32.7 Å². The first-order valence-corrected chi connectivity index (χ1v) is 7.23. The van der Waals surface area contributed by atoms with Crippen molar-refractivity contribution < 1.29 is 0 Å². The highest BCUT2D eigenvalue weighted by molar-refractivity contribution is 5.28. The van der Waals surface area contributed by atoms with Crippen molar-refractivity contribution in [1.82, 2.24) is 9.80 Å². The van der Waals surface area contributed by atoms with Crippen molar-refractivity contribution in [3.05, 3.63) is 35.4 Å². The Kier molecular flexibility index (Phi) is 4.95. The maximum absolute atomic E-state index is 9.48. The minimum absolute atomic E-state index is 0.0927. The van der Waals surface area contributed by atoms with E-state index in [1.807, 2.05) is 0 Å². The molecular weight excluding hydrogens is 234 g/mol. The Hall–Kier alpha value is -1.37. The maximum Gasteiger partial charge on any atom is 0.123 e. The monoisotopic (exact) mass is 257 g/mol. The SMILES string of the molecule is CCc1ccc(C(C#N)N2CCN(CC)CC2)cc1. The third-order valence-electron chi connectivity index (χ3n) is 4.05. The summed E-state index contributed by atoms with van der Waals surface area (Å²) in [6.45, 7) is 9.57. The van der Waals surface area contributed by atoms with Crippen LogP contribution in [0, 0.1) is 11.3 Å². The molecule has 2 rings (SSSR count). The molecule has 19 heavy (non-hydrogen) atoms. The summed E-state index contributed by atoms with van der Waals surface area (Å²) in [7, 11) is 0. The molecule has 1 unspecified atom stereocenters. The van der Waals surface area contributed by atoms with Gasteiger partial charge < -0.3 is 4.90 Å². The summed E-state index contributed by atoms with van der Waals surface area (Å²) in [5.41, 5.74) is 2.46. The van der Waals surface area contributed by atoms with Crippen LogP contribution in [0.25, 0.3) is 0 Å². The second-order valence-corrected chi connectivity index (χ2v) is 5.10. The van der Waals surface area contributed by atoms with Crippen LogP contribution in [0.5, 0.6) is 0 Å². The maximum atomic E-state index is 9.48. The van der Waals surface area contributed by atoms with Gasteiger partial charge in [-0.25, -0.2) is 0 Å². The number of nitriles is 1. The lowest BCUT2D eigenvalue weighted by atomic mass is 10.0. The molecule has 3 nitrogen and oxygen atoms in total. The number of rotatable bonds is 4. The van der Waals surface area contributed by atoms with E-state index in [0.29, 0.717) is 0 Å². The second kappa shape index (κ2) is 6.70. The Morgan fingerprint density at radius 1 is 1.11 bits per heavy atom. The van der Waals surface area contributed by atoms with Crippen molar-refractivity contribution in [3.8, 4) is 6.07 Å². The molecular formula is C16H23N3. The van der Waals surface area contributed by atoms with Crippen LogP contribution in [0.2, 0.25) is 0 Å². The van der Waals surface area contributed by atoms with Crippen LogP contribution < -0.4 is 0 Å². The molecule has 3 heteroatoms.